The van der Waals surface area contributed by atoms with Gasteiger partial charge in [-0.1, -0.05) is 6.07 Å². The molecule has 6 nitrogen and oxygen atoms in total. The molecule has 1 N–H and O–H groups in total. The zero-order valence-corrected chi connectivity index (χ0v) is 20.9. The second-order valence-electron chi connectivity index (χ2n) is 9.68. The first-order valence-electron chi connectivity index (χ1n) is 11.9. The molecule has 0 atom stereocenters. The lowest BCUT2D eigenvalue weighted by molar-refractivity contribution is -0.138. The van der Waals surface area contributed by atoms with Crippen molar-refractivity contribution in [1.29, 1.82) is 0 Å². The number of sulfonamides is 1. The van der Waals surface area contributed by atoms with Crippen molar-refractivity contribution >= 4 is 15.9 Å². The van der Waals surface area contributed by atoms with Gasteiger partial charge in [-0.15, -0.1) is 0 Å². The molecule has 1 heterocycles. The summed E-state index contributed by atoms with van der Waals surface area (Å²) in [5.74, 6) is -2.38. The minimum absolute atomic E-state index is 0.0214. The minimum Gasteiger partial charge on any atom is -0.493 e. The standard InChI is InChI=1S/C25H27F5N2O4S/c1-37(34,35)31-24(33)20-11-19(16-2-3-16)23(12-22(20)27)36-14-15-6-8-32(9-7-15)13-17-4-5-18(26)10-21(17)25(28,29)30/h4-5,10-12,15-16H,2-3,6-9,13-14H2,1H3,(H,31,33). The predicted octanol–water partition coefficient (Wildman–Crippen LogP) is 4.84. The molecule has 2 aliphatic rings. The fourth-order valence-electron chi connectivity index (χ4n) is 4.52. The topological polar surface area (TPSA) is 75.7 Å². The third kappa shape index (κ3) is 7.19. The van der Waals surface area contributed by atoms with E-state index in [1.807, 2.05) is 4.90 Å². The summed E-state index contributed by atoms with van der Waals surface area (Å²) >= 11 is 0. The Kier molecular flexibility index (Phi) is 7.80. The maximum Gasteiger partial charge on any atom is 0.416 e. The van der Waals surface area contributed by atoms with Crippen LogP contribution in [0.15, 0.2) is 30.3 Å². The molecule has 0 radical (unpaired) electrons. The summed E-state index contributed by atoms with van der Waals surface area (Å²) in [6.45, 7) is 1.37. The summed E-state index contributed by atoms with van der Waals surface area (Å²) in [6, 6.07) is 5.15. The molecule has 1 saturated heterocycles. The Hall–Kier alpha value is -2.73. The van der Waals surface area contributed by atoms with Crippen molar-refractivity contribution in [2.24, 2.45) is 5.92 Å². The van der Waals surface area contributed by atoms with Crippen molar-refractivity contribution in [3.63, 3.8) is 0 Å². The minimum atomic E-state index is -4.64. The van der Waals surface area contributed by atoms with Crippen LogP contribution in [0.3, 0.4) is 0 Å². The molecule has 202 valence electrons. The van der Waals surface area contributed by atoms with E-state index in [0.717, 1.165) is 31.2 Å². The van der Waals surface area contributed by atoms with Gasteiger partial charge in [-0.3, -0.25) is 9.69 Å². The number of ether oxygens (including phenoxy) is 1. The molecule has 1 amide bonds. The first-order chi connectivity index (χ1) is 17.3. The first kappa shape index (κ1) is 27.3. The number of piperidine rings is 1. The van der Waals surface area contributed by atoms with E-state index in [1.165, 1.54) is 12.1 Å². The normalized spacial score (nSPS) is 17.6. The number of hydrogen-bond donors (Lipinski definition) is 1. The molecule has 1 aliphatic carbocycles. The predicted molar refractivity (Wildman–Crippen MR) is 126 cm³/mol. The van der Waals surface area contributed by atoms with Gasteiger partial charge in [0.2, 0.25) is 10.0 Å². The lowest BCUT2D eigenvalue weighted by Gasteiger charge is -2.32. The molecule has 2 aromatic rings. The maximum atomic E-state index is 14.7. The molecule has 2 fully saturated rings. The van der Waals surface area contributed by atoms with E-state index in [2.05, 4.69) is 0 Å². The van der Waals surface area contributed by atoms with E-state index < -0.39 is 39.3 Å². The second-order valence-corrected chi connectivity index (χ2v) is 11.4. The van der Waals surface area contributed by atoms with Gasteiger partial charge < -0.3 is 4.74 Å². The molecule has 12 heteroatoms. The SMILES string of the molecule is CS(=O)(=O)NC(=O)c1cc(C2CC2)c(OCC2CCN(Cc3ccc(F)cc3C(F)(F)F)CC2)cc1F. The van der Waals surface area contributed by atoms with Crippen LogP contribution in [0.4, 0.5) is 22.0 Å². The Balaban J connectivity index is 1.37. The van der Waals surface area contributed by atoms with Crippen LogP contribution in [0.1, 0.15) is 58.6 Å². The third-order valence-corrected chi connectivity index (χ3v) is 7.15. The molecule has 2 aromatic carbocycles. The molecule has 1 aliphatic heterocycles. The number of nitrogens with zero attached hydrogens (tertiary/aromatic N) is 1. The lowest BCUT2D eigenvalue weighted by Crippen LogP contribution is -2.35. The number of nitrogens with one attached hydrogen (secondary N) is 1. The summed E-state index contributed by atoms with van der Waals surface area (Å²) in [4.78, 5) is 14.1. The van der Waals surface area contributed by atoms with E-state index in [-0.39, 0.29) is 36.1 Å². The van der Waals surface area contributed by atoms with E-state index >= 15 is 0 Å². The highest BCUT2D eigenvalue weighted by atomic mass is 32.2. The summed E-state index contributed by atoms with van der Waals surface area (Å²) in [5, 5.41) is 0. The van der Waals surface area contributed by atoms with Gasteiger partial charge in [0, 0.05) is 12.6 Å². The van der Waals surface area contributed by atoms with E-state index in [1.54, 1.807) is 4.72 Å². The van der Waals surface area contributed by atoms with E-state index in [4.69, 9.17) is 4.74 Å². The van der Waals surface area contributed by atoms with Gasteiger partial charge in [0.05, 0.1) is 24.0 Å². The molecule has 0 aromatic heterocycles. The highest BCUT2D eigenvalue weighted by Crippen LogP contribution is 2.45. The lowest BCUT2D eigenvalue weighted by atomic mass is 9.96. The quantitative estimate of drug-likeness (QED) is 0.480. The summed E-state index contributed by atoms with van der Waals surface area (Å²) in [5.41, 5.74) is -0.671. The van der Waals surface area contributed by atoms with Gasteiger partial charge in [0.25, 0.3) is 5.91 Å². The number of carbonyl (C=O) groups excluding carboxylic acids is 1. The van der Waals surface area contributed by atoms with Gasteiger partial charge in [0.15, 0.2) is 0 Å². The van der Waals surface area contributed by atoms with Gasteiger partial charge in [-0.05, 0) is 79.9 Å². The largest absolute Gasteiger partial charge is 0.493 e. The number of amides is 1. The second kappa shape index (κ2) is 10.6. The number of benzene rings is 2. The van der Waals surface area contributed by atoms with Crippen molar-refractivity contribution in [1.82, 2.24) is 9.62 Å². The van der Waals surface area contributed by atoms with E-state index in [9.17, 15) is 35.2 Å². The van der Waals surface area contributed by atoms with Gasteiger partial charge >= 0.3 is 6.18 Å². The molecule has 4 rings (SSSR count). The summed E-state index contributed by atoms with van der Waals surface area (Å²) < 4.78 is 98.3. The fourth-order valence-corrected chi connectivity index (χ4v) is 4.96. The van der Waals surface area contributed by atoms with Crippen LogP contribution in [0.25, 0.3) is 0 Å². The van der Waals surface area contributed by atoms with Crippen molar-refractivity contribution < 1.29 is 39.9 Å². The van der Waals surface area contributed by atoms with E-state index in [0.29, 0.717) is 43.3 Å². The Morgan fingerprint density at radius 2 is 1.76 bits per heavy atom. The number of alkyl halides is 3. The van der Waals surface area contributed by atoms with Gasteiger partial charge in [-0.25, -0.2) is 21.9 Å². The van der Waals surface area contributed by atoms with Crippen LogP contribution in [0.5, 0.6) is 5.75 Å². The number of halogens is 5. The van der Waals surface area contributed by atoms with Crippen LogP contribution in [-0.2, 0) is 22.7 Å². The zero-order chi connectivity index (χ0) is 27.0. The summed E-state index contributed by atoms with van der Waals surface area (Å²) in [7, 11) is -3.85. The highest BCUT2D eigenvalue weighted by molar-refractivity contribution is 7.89. The van der Waals surface area contributed by atoms with Gasteiger partial charge in [-0.2, -0.15) is 13.2 Å². The average molecular weight is 547 g/mol. The molecule has 0 unspecified atom stereocenters. The average Bonchev–Trinajstić information content (AvgIpc) is 3.63. The molecular formula is C25H27F5N2O4S. The number of carbonyl (C=O) groups is 1. The Bertz CT molecular complexity index is 1270. The monoisotopic (exact) mass is 546 g/mol. The number of hydrogen-bond acceptors (Lipinski definition) is 5. The van der Waals surface area contributed by atoms with Crippen LogP contribution < -0.4 is 9.46 Å². The smallest absolute Gasteiger partial charge is 0.416 e. The van der Waals surface area contributed by atoms with Crippen LogP contribution in [0.2, 0.25) is 0 Å². The van der Waals surface area contributed by atoms with Gasteiger partial charge in [0.1, 0.15) is 17.4 Å². The molecule has 0 spiro atoms. The molecule has 1 saturated carbocycles. The van der Waals surface area contributed by atoms with Crippen molar-refractivity contribution in [2.45, 2.75) is 44.3 Å². The molecular weight excluding hydrogens is 519 g/mol. The van der Waals surface area contributed by atoms with Crippen molar-refractivity contribution in [3.05, 3.63) is 64.2 Å². The van der Waals surface area contributed by atoms with Crippen LogP contribution in [-0.4, -0.2) is 45.2 Å². The maximum absolute atomic E-state index is 14.7. The number of likely N-dealkylation sites (tertiary alicyclic amines) is 1. The highest BCUT2D eigenvalue weighted by Gasteiger charge is 2.35. The zero-order valence-electron chi connectivity index (χ0n) is 20.1. The fraction of sp³-hybridized carbons (Fsp3) is 0.480. The third-order valence-electron chi connectivity index (χ3n) is 6.59. The molecule has 37 heavy (non-hydrogen) atoms. The molecule has 0 bridgehead atoms. The Morgan fingerprint density at radius 3 is 2.35 bits per heavy atom. The first-order valence-corrected chi connectivity index (χ1v) is 13.8. The Morgan fingerprint density at radius 1 is 1.08 bits per heavy atom. The Labute approximate surface area is 211 Å². The van der Waals surface area contributed by atoms with Crippen LogP contribution in [0, 0.1) is 17.6 Å². The van der Waals surface area contributed by atoms with Crippen molar-refractivity contribution in [3.8, 4) is 5.75 Å². The van der Waals surface area contributed by atoms with Crippen LogP contribution >= 0.6 is 0 Å². The number of rotatable bonds is 8. The summed E-state index contributed by atoms with van der Waals surface area (Å²) in [6.07, 6.45) is -0.841. The van der Waals surface area contributed by atoms with Crippen molar-refractivity contribution in [2.75, 3.05) is 26.0 Å².